The fourth-order valence-corrected chi connectivity index (χ4v) is 4.41. The largest absolute Gasteiger partial charge is 0.370 e. The average molecular weight is 355 g/mol. The van der Waals surface area contributed by atoms with Crippen molar-refractivity contribution < 1.29 is 4.79 Å². The summed E-state index contributed by atoms with van der Waals surface area (Å²) < 4.78 is 0. The van der Waals surface area contributed by atoms with Crippen molar-refractivity contribution in [1.82, 2.24) is 4.98 Å². The van der Waals surface area contributed by atoms with Gasteiger partial charge in [-0.1, -0.05) is 12.1 Å². The van der Waals surface area contributed by atoms with Crippen LogP contribution in [0.15, 0.2) is 46.5 Å². The van der Waals surface area contributed by atoms with E-state index in [4.69, 9.17) is 0 Å². The van der Waals surface area contributed by atoms with Gasteiger partial charge in [0.2, 0.25) is 0 Å². The second-order valence-corrected chi connectivity index (χ2v) is 7.35. The lowest BCUT2D eigenvalue weighted by molar-refractivity contribution is 0.102. The third-order valence-corrected chi connectivity index (χ3v) is 5.68. The second kappa shape index (κ2) is 6.75. The van der Waals surface area contributed by atoms with Crippen LogP contribution in [0, 0.1) is 0 Å². The van der Waals surface area contributed by atoms with E-state index >= 15 is 0 Å². The summed E-state index contributed by atoms with van der Waals surface area (Å²) in [4.78, 5) is 19.4. The maximum absolute atomic E-state index is 12.6. The van der Waals surface area contributed by atoms with Crippen molar-refractivity contribution >= 4 is 40.0 Å². The van der Waals surface area contributed by atoms with Crippen molar-refractivity contribution in [3.63, 3.8) is 0 Å². The van der Waals surface area contributed by atoms with E-state index in [1.165, 1.54) is 24.2 Å². The number of hydrogen-bond donors (Lipinski definition) is 1. The zero-order chi connectivity index (χ0) is 16.4. The summed E-state index contributed by atoms with van der Waals surface area (Å²) in [6, 6.07) is 10.0. The van der Waals surface area contributed by atoms with Crippen molar-refractivity contribution in [1.29, 1.82) is 0 Å². The predicted octanol–water partition coefficient (Wildman–Crippen LogP) is 4.72. The summed E-state index contributed by atoms with van der Waals surface area (Å²) in [6.45, 7) is 2.10. The molecule has 6 heteroatoms. The fraction of sp³-hybridized carbons (Fsp3) is 0.222. The molecule has 1 saturated heterocycles. The Labute approximate surface area is 148 Å². The van der Waals surface area contributed by atoms with Crippen molar-refractivity contribution in [3.8, 4) is 10.6 Å². The van der Waals surface area contributed by atoms with Crippen LogP contribution < -0.4 is 10.2 Å². The number of para-hydroxylation sites is 2. The quantitative estimate of drug-likeness (QED) is 0.736. The van der Waals surface area contributed by atoms with Gasteiger partial charge in [0.15, 0.2) is 0 Å². The molecule has 122 valence electrons. The van der Waals surface area contributed by atoms with E-state index in [0.29, 0.717) is 5.69 Å². The number of benzene rings is 1. The van der Waals surface area contributed by atoms with E-state index in [2.05, 4.69) is 21.3 Å². The van der Waals surface area contributed by atoms with Crippen LogP contribution in [0.5, 0.6) is 0 Å². The summed E-state index contributed by atoms with van der Waals surface area (Å²) in [7, 11) is 0. The Morgan fingerprint density at radius 3 is 2.75 bits per heavy atom. The number of hydrogen-bond acceptors (Lipinski definition) is 5. The van der Waals surface area contributed by atoms with Gasteiger partial charge in [0.1, 0.15) is 10.7 Å². The summed E-state index contributed by atoms with van der Waals surface area (Å²) in [5.74, 6) is -0.153. The topological polar surface area (TPSA) is 45.2 Å². The van der Waals surface area contributed by atoms with Crippen molar-refractivity contribution in [2.24, 2.45) is 0 Å². The highest BCUT2D eigenvalue weighted by molar-refractivity contribution is 7.14. The van der Waals surface area contributed by atoms with Gasteiger partial charge in [-0.15, -0.1) is 11.3 Å². The molecule has 4 rings (SSSR count). The van der Waals surface area contributed by atoms with Crippen molar-refractivity contribution in [3.05, 3.63) is 52.2 Å². The normalized spacial score (nSPS) is 14.1. The number of thiophene rings is 1. The molecule has 1 fully saturated rings. The third-order valence-electron chi connectivity index (χ3n) is 4.10. The molecule has 24 heavy (non-hydrogen) atoms. The molecule has 4 nitrogen and oxygen atoms in total. The molecule has 0 saturated carbocycles. The standard InChI is InChI=1S/C18H17N3OS2/c22-17(15-12-24-18(20-15)13-7-10-23-11-13)19-14-5-1-2-6-16(14)21-8-3-4-9-21/h1-2,5-7,10-12H,3-4,8-9H2,(H,19,22). The lowest BCUT2D eigenvalue weighted by Gasteiger charge is -2.21. The first-order chi connectivity index (χ1) is 11.8. The highest BCUT2D eigenvalue weighted by atomic mass is 32.1. The molecule has 1 amide bonds. The Morgan fingerprint density at radius 2 is 1.96 bits per heavy atom. The number of anilines is 2. The molecule has 3 heterocycles. The highest BCUT2D eigenvalue weighted by Gasteiger charge is 2.18. The van der Waals surface area contributed by atoms with E-state index in [9.17, 15) is 4.79 Å². The van der Waals surface area contributed by atoms with Crippen LogP contribution in [0.3, 0.4) is 0 Å². The molecular weight excluding hydrogens is 338 g/mol. The zero-order valence-electron chi connectivity index (χ0n) is 13.1. The van der Waals surface area contributed by atoms with Gasteiger partial charge in [0, 0.05) is 29.4 Å². The second-order valence-electron chi connectivity index (χ2n) is 5.72. The van der Waals surface area contributed by atoms with Gasteiger partial charge < -0.3 is 10.2 Å². The molecule has 0 spiro atoms. The van der Waals surface area contributed by atoms with Crippen LogP contribution in [-0.4, -0.2) is 24.0 Å². The fourth-order valence-electron chi connectivity index (χ4n) is 2.90. The Balaban J connectivity index is 1.54. The summed E-state index contributed by atoms with van der Waals surface area (Å²) in [6.07, 6.45) is 2.41. The lowest BCUT2D eigenvalue weighted by Crippen LogP contribution is -2.21. The van der Waals surface area contributed by atoms with Gasteiger partial charge in [-0.3, -0.25) is 4.79 Å². The average Bonchev–Trinajstić information content (AvgIpc) is 3.35. The van der Waals surface area contributed by atoms with Crippen LogP contribution in [0.4, 0.5) is 11.4 Å². The number of nitrogens with one attached hydrogen (secondary N) is 1. The van der Waals surface area contributed by atoms with Gasteiger partial charge in [-0.05, 0) is 36.4 Å². The molecule has 1 N–H and O–H groups in total. The molecule has 0 atom stereocenters. The molecule has 2 aromatic heterocycles. The van der Waals surface area contributed by atoms with E-state index < -0.39 is 0 Å². The first kappa shape index (κ1) is 15.4. The number of amides is 1. The number of aromatic nitrogens is 1. The molecule has 1 aliphatic heterocycles. The monoisotopic (exact) mass is 355 g/mol. The van der Waals surface area contributed by atoms with Crippen LogP contribution in [0.2, 0.25) is 0 Å². The predicted molar refractivity (Wildman–Crippen MR) is 101 cm³/mol. The van der Waals surface area contributed by atoms with Crippen molar-refractivity contribution in [2.45, 2.75) is 12.8 Å². The number of carbonyl (C=O) groups is 1. The lowest BCUT2D eigenvalue weighted by atomic mass is 10.2. The molecule has 1 aliphatic rings. The van der Waals surface area contributed by atoms with Crippen LogP contribution in [0.1, 0.15) is 23.3 Å². The molecule has 3 aromatic rings. The van der Waals surface area contributed by atoms with Crippen LogP contribution in [0.25, 0.3) is 10.6 Å². The van der Waals surface area contributed by atoms with E-state index in [-0.39, 0.29) is 5.91 Å². The Hall–Kier alpha value is -2.18. The first-order valence-corrected chi connectivity index (χ1v) is 9.77. The van der Waals surface area contributed by atoms with Gasteiger partial charge in [-0.25, -0.2) is 4.98 Å². The van der Waals surface area contributed by atoms with Crippen molar-refractivity contribution in [2.75, 3.05) is 23.3 Å². The minimum atomic E-state index is -0.153. The van der Waals surface area contributed by atoms with Crippen LogP contribution >= 0.6 is 22.7 Å². The highest BCUT2D eigenvalue weighted by Crippen LogP contribution is 2.30. The smallest absolute Gasteiger partial charge is 0.275 e. The SMILES string of the molecule is O=C(Nc1ccccc1N1CCCC1)c1csc(-c2ccsc2)n1. The van der Waals surface area contributed by atoms with Gasteiger partial charge in [0.25, 0.3) is 5.91 Å². The molecule has 0 bridgehead atoms. The third kappa shape index (κ3) is 3.07. The maximum Gasteiger partial charge on any atom is 0.275 e. The van der Waals surface area contributed by atoms with E-state index in [1.54, 1.807) is 11.3 Å². The minimum Gasteiger partial charge on any atom is -0.370 e. The minimum absolute atomic E-state index is 0.153. The van der Waals surface area contributed by atoms with Gasteiger partial charge >= 0.3 is 0 Å². The van der Waals surface area contributed by atoms with Gasteiger partial charge in [-0.2, -0.15) is 11.3 Å². The Kier molecular flexibility index (Phi) is 4.32. The number of rotatable bonds is 4. The molecule has 0 aliphatic carbocycles. The number of carbonyl (C=O) groups excluding carboxylic acids is 1. The Morgan fingerprint density at radius 1 is 1.12 bits per heavy atom. The zero-order valence-corrected chi connectivity index (χ0v) is 14.7. The number of thiazole rings is 1. The van der Waals surface area contributed by atoms with E-state index in [1.807, 2.05) is 40.4 Å². The summed E-state index contributed by atoms with van der Waals surface area (Å²) >= 11 is 3.13. The molecule has 0 radical (unpaired) electrons. The van der Waals surface area contributed by atoms with Gasteiger partial charge in [0.05, 0.1) is 11.4 Å². The maximum atomic E-state index is 12.6. The van der Waals surface area contributed by atoms with E-state index in [0.717, 1.165) is 35.0 Å². The van der Waals surface area contributed by atoms with Crippen LogP contribution in [-0.2, 0) is 0 Å². The molecule has 1 aromatic carbocycles. The Bertz CT molecular complexity index is 836. The summed E-state index contributed by atoms with van der Waals surface area (Å²) in [5.41, 5.74) is 3.49. The molecular formula is C18H17N3OS2. The summed E-state index contributed by atoms with van der Waals surface area (Å²) in [5, 5.41) is 9.79. The molecule has 0 unspecified atom stereocenters. The number of nitrogens with zero attached hydrogens (tertiary/aromatic N) is 2. The first-order valence-electron chi connectivity index (χ1n) is 7.95.